The average Bonchev–Trinajstić information content (AvgIpc) is 2.83. The van der Waals surface area contributed by atoms with Crippen LogP contribution in [0.25, 0.3) is 0 Å². The van der Waals surface area contributed by atoms with E-state index in [9.17, 15) is 4.79 Å². The number of rotatable bonds is 6. The molecule has 0 unspecified atom stereocenters. The number of aromatic nitrogens is 4. The molecule has 2 aromatic rings. The second kappa shape index (κ2) is 6.76. The summed E-state index contributed by atoms with van der Waals surface area (Å²) >= 11 is 6.11. The molecule has 0 spiro atoms. The molecule has 2 rings (SSSR count). The highest BCUT2D eigenvalue weighted by molar-refractivity contribution is 6.32. The lowest BCUT2D eigenvalue weighted by Crippen LogP contribution is -2.26. The van der Waals surface area contributed by atoms with Crippen LogP contribution in [-0.4, -0.2) is 26.1 Å². The summed E-state index contributed by atoms with van der Waals surface area (Å²) in [4.78, 5) is 12.1. The van der Waals surface area contributed by atoms with Crippen molar-refractivity contribution in [3.05, 3.63) is 39.5 Å². The maximum atomic E-state index is 12.1. The lowest BCUT2D eigenvalue weighted by Gasteiger charge is -2.11. The van der Waals surface area contributed by atoms with Crippen LogP contribution in [0.15, 0.2) is 23.3 Å². The zero-order chi connectivity index (χ0) is 15.4. The largest absolute Gasteiger partial charge is 0.382 e. The van der Waals surface area contributed by atoms with Crippen LogP contribution < -0.4 is 10.9 Å². The molecule has 0 saturated heterocycles. The van der Waals surface area contributed by atoms with Crippen LogP contribution in [0.4, 0.5) is 5.69 Å². The van der Waals surface area contributed by atoms with Crippen molar-refractivity contribution in [2.24, 2.45) is 13.0 Å². The molecule has 0 bridgehead atoms. The number of hydrogen-bond acceptors (Lipinski definition) is 4. The van der Waals surface area contributed by atoms with Gasteiger partial charge in [-0.1, -0.05) is 25.4 Å². The third-order valence-electron chi connectivity index (χ3n) is 2.99. The predicted molar refractivity (Wildman–Crippen MR) is 83.7 cm³/mol. The molecule has 1 N–H and O–H groups in total. The number of nitrogens with one attached hydrogen (secondary N) is 1. The molecule has 0 amide bonds. The molecular weight excluding hydrogens is 290 g/mol. The Bertz CT molecular complexity index is 662. The Kier molecular flexibility index (Phi) is 5.01. The molecule has 114 valence electrons. The van der Waals surface area contributed by atoms with E-state index < -0.39 is 0 Å². The van der Waals surface area contributed by atoms with E-state index >= 15 is 0 Å². The Morgan fingerprint density at radius 1 is 1.43 bits per heavy atom. The first-order chi connectivity index (χ1) is 9.97. The third-order valence-corrected chi connectivity index (χ3v) is 3.35. The van der Waals surface area contributed by atoms with Gasteiger partial charge < -0.3 is 5.32 Å². The molecule has 21 heavy (non-hydrogen) atoms. The van der Waals surface area contributed by atoms with E-state index in [1.807, 2.05) is 33.2 Å². The summed E-state index contributed by atoms with van der Waals surface area (Å²) in [6.45, 7) is 5.26. The molecule has 6 nitrogen and oxygen atoms in total. The fraction of sp³-hybridized carbons (Fsp3) is 0.500. The highest BCUT2D eigenvalue weighted by Crippen LogP contribution is 2.15. The van der Waals surface area contributed by atoms with Gasteiger partial charge in [0.25, 0.3) is 5.56 Å². The van der Waals surface area contributed by atoms with Crippen LogP contribution in [0.3, 0.4) is 0 Å². The normalized spacial score (nSPS) is 11.1. The van der Waals surface area contributed by atoms with Crippen molar-refractivity contribution in [3.63, 3.8) is 0 Å². The van der Waals surface area contributed by atoms with E-state index in [0.717, 1.165) is 12.1 Å². The molecule has 2 aromatic heterocycles. The van der Waals surface area contributed by atoms with Gasteiger partial charge in [-0.2, -0.15) is 10.2 Å². The molecule has 0 fully saturated rings. The number of halogens is 1. The van der Waals surface area contributed by atoms with Crippen molar-refractivity contribution in [1.29, 1.82) is 0 Å². The SMILES string of the molecule is CC(C)Cn1ncc(NCCc2ccn(C)n2)c(Cl)c1=O. The van der Waals surface area contributed by atoms with Gasteiger partial charge >= 0.3 is 0 Å². The van der Waals surface area contributed by atoms with E-state index in [1.54, 1.807) is 10.9 Å². The Labute approximate surface area is 128 Å². The maximum Gasteiger partial charge on any atom is 0.287 e. The van der Waals surface area contributed by atoms with E-state index in [-0.39, 0.29) is 10.6 Å². The summed E-state index contributed by atoms with van der Waals surface area (Å²) in [5, 5.41) is 11.8. The van der Waals surface area contributed by atoms with Gasteiger partial charge in [0, 0.05) is 32.8 Å². The number of aryl methyl sites for hydroxylation is 1. The summed E-state index contributed by atoms with van der Waals surface area (Å²) < 4.78 is 3.16. The van der Waals surface area contributed by atoms with Gasteiger partial charge in [-0.25, -0.2) is 4.68 Å². The summed E-state index contributed by atoms with van der Waals surface area (Å²) in [5.41, 5.74) is 1.30. The molecular formula is C14H20ClN5O. The van der Waals surface area contributed by atoms with Crippen molar-refractivity contribution in [3.8, 4) is 0 Å². The van der Waals surface area contributed by atoms with E-state index in [4.69, 9.17) is 11.6 Å². The second-order valence-corrected chi connectivity index (χ2v) is 5.79. The van der Waals surface area contributed by atoms with Crippen LogP contribution in [0, 0.1) is 5.92 Å². The van der Waals surface area contributed by atoms with Gasteiger partial charge in [-0.3, -0.25) is 9.48 Å². The molecule has 0 aliphatic heterocycles. The lowest BCUT2D eigenvalue weighted by atomic mass is 10.2. The van der Waals surface area contributed by atoms with E-state index in [1.165, 1.54) is 4.68 Å². The fourth-order valence-electron chi connectivity index (χ4n) is 1.99. The molecule has 0 aromatic carbocycles. The summed E-state index contributed by atoms with van der Waals surface area (Å²) in [6.07, 6.45) is 4.26. The van der Waals surface area contributed by atoms with Gasteiger partial charge in [0.2, 0.25) is 0 Å². The van der Waals surface area contributed by atoms with Crippen molar-refractivity contribution in [1.82, 2.24) is 19.6 Å². The summed E-state index contributed by atoms with van der Waals surface area (Å²) in [7, 11) is 1.88. The van der Waals surface area contributed by atoms with Gasteiger partial charge in [0.05, 0.1) is 17.6 Å². The number of anilines is 1. The number of nitrogens with zero attached hydrogens (tertiary/aromatic N) is 4. The van der Waals surface area contributed by atoms with Crippen LogP contribution in [0.1, 0.15) is 19.5 Å². The van der Waals surface area contributed by atoms with Crippen molar-refractivity contribution in [2.45, 2.75) is 26.8 Å². The highest BCUT2D eigenvalue weighted by atomic mass is 35.5. The van der Waals surface area contributed by atoms with Crippen LogP contribution >= 0.6 is 11.6 Å². The van der Waals surface area contributed by atoms with Crippen molar-refractivity contribution in [2.75, 3.05) is 11.9 Å². The third kappa shape index (κ3) is 4.07. The Morgan fingerprint density at radius 3 is 2.81 bits per heavy atom. The molecule has 0 aliphatic carbocycles. The minimum absolute atomic E-state index is 0.187. The lowest BCUT2D eigenvalue weighted by molar-refractivity contribution is 0.464. The smallest absolute Gasteiger partial charge is 0.287 e. The monoisotopic (exact) mass is 309 g/mol. The Balaban J connectivity index is 2.00. The van der Waals surface area contributed by atoms with Crippen LogP contribution in [0.5, 0.6) is 0 Å². The first-order valence-electron chi connectivity index (χ1n) is 6.95. The van der Waals surface area contributed by atoms with E-state index in [0.29, 0.717) is 24.7 Å². The molecule has 2 heterocycles. The van der Waals surface area contributed by atoms with Gasteiger partial charge in [0.15, 0.2) is 0 Å². The van der Waals surface area contributed by atoms with Gasteiger partial charge in [0.1, 0.15) is 5.02 Å². The highest BCUT2D eigenvalue weighted by Gasteiger charge is 2.10. The van der Waals surface area contributed by atoms with Crippen molar-refractivity contribution < 1.29 is 0 Å². The summed E-state index contributed by atoms with van der Waals surface area (Å²) in [6, 6.07) is 1.96. The second-order valence-electron chi connectivity index (χ2n) is 5.41. The van der Waals surface area contributed by atoms with E-state index in [2.05, 4.69) is 15.5 Å². The van der Waals surface area contributed by atoms with Gasteiger partial charge in [-0.05, 0) is 12.0 Å². The quantitative estimate of drug-likeness (QED) is 0.885. The Hall–Kier alpha value is -1.82. The first kappa shape index (κ1) is 15.6. The van der Waals surface area contributed by atoms with Crippen LogP contribution in [-0.2, 0) is 20.0 Å². The molecule has 0 aliphatic rings. The Morgan fingerprint density at radius 2 is 2.19 bits per heavy atom. The van der Waals surface area contributed by atoms with Gasteiger partial charge in [-0.15, -0.1) is 0 Å². The molecule has 0 radical (unpaired) electrons. The number of hydrogen-bond donors (Lipinski definition) is 1. The van der Waals surface area contributed by atoms with Crippen LogP contribution in [0.2, 0.25) is 5.02 Å². The zero-order valence-corrected chi connectivity index (χ0v) is 13.3. The minimum atomic E-state index is -0.256. The first-order valence-corrected chi connectivity index (χ1v) is 7.33. The summed E-state index contributed by atoms with van der Waals surface area (Å²) in [5.74, 6) is 0.342. The minimum Gasteiger partial charge on any atom is -0.382 e. The predicted octanol–water partition coefficient (Wildman–Crippen LogP) is 1.94. The topological polar surface area (TPSA) is 64.7 Å². The molecule has 0 atom stereocenters. The van der Waals surface area contributed by atoms with Crippen molar-refractivity contribution >= 4 is 17.3 Å². The standard InChI is InChI=1S/C14H20ClN5O/c1-10(2)9-20-14(21)13(15)12(8-17-20)16-6-4-11-5-7-19(3)18-11/h5,7-8,10,16H,4,6,9H2,1-3H3. The maximum absolute atomic E-state index is 12.1. The molecule has 7 heteroatoms. The molecule has 0 saturated carbocycles. The fourth-order valence-corrected chi connectivity index (χ4v) is 2.20. The zero-order valence-electron chi connectivity index (χ0n) is 12.5. The average molecular weight is 310 g/mol.